The summed E-state index contributed by atoms with van der Waals surface area (Å²) in [5, 5.41) is 12.7. The van der Waals surface area contributed by atoms with E-state index < -0.39 is 17.7 Å². The molecule has 170 valence electrons. The summed E-state index contributed by atoms with van der Waals surface area (Å²) in [7, 11) is 6.90. The quantitative estimate of drug-likeness (QED) is 0.514. The average Bonchev–Trinajstić information content (AvgIpc) is 3.45. The van der Waals surface area contributed by atoms with Gasteiger partial charge in [-0.3, -0.25) is 14.5 Å². The molecular formula is C25H24N2O5S. The van der Waals surface area contributed by atoms with Gasteiger partial charge in [-0.2, -0.15) is 0 Å². The third-order valence-electron chi connectivity index (χ3n) is 5.57. The molecule has 1 atom stereocenters. The zero-order valence-electron chi connectivity index (χ0n) is 18.7. The molecule has 3 aromatic rings. The van der Waals surface area contributed by atoms with Gasteiger partial charge in [0.25, 0.3) is 5.91 Å². The summed E-state index contributed by atoms with van der Waals surface area (Å²) in [6.07, 6.45) is 0. The minimum atomic E-state index is -0.836. The van der Waals surface area contributed by atoms with Crippen molar-refractivity contribution < 1.29 is 24.2 Å². The molecule has 1 aromatic heterocycles. The molecule has 2 aromatic carbocycles. The number of ketones is 1. The van der Waals surface area contributed by atoms with Crippen LogP contribution in [0.4, 0.5) is 11.4 Å². The number of nitrogens with zero attached hydrogens (tertiary/aromatic N) is 2. The molecule has 0 fully saturated rings. The van der Waals surface area contributed by atoms with Gasteiger partial charge in [0.05, 0.1) is 30.7 Å². The normalized spacial score (nSPS) is 15.7. The average molecular weight is 465 g/mol. The molecule has 0 aliphatic carbocycles. The summed E-state index contributed by atoms with van der Waals surface area (Å²) < 4.78 is 10.8. The van der Waals surface area contributed by atoms with Gasteiger partial charge in [0.1, 0.15) is 0 Å². The molecule has 1 amide bonds. The lowest BCUT2D eigenvalue weighted by Gasteiger charge is -2.28. The molecule has 0 saturated carbocycles. The minimum Gasteiger partial charge on any atom is -0.503 e. The molecule has 0 spiro atoms. The van der Waals surface area contributed by atoms with Gasteiger partial charge in [0, 0.05) is 25.5 Å². The van der Waals surface area contributed by atoms with Crippen LogP contribution in [0.3, 0.4) is 0 Å². The van der Waals surface area contributed by atoms with Crippen LogP contribution in [0.25, 0.3) is 0 Å². The van der Waals surface area contributed by atoms with Gasteiger partial charge in [0.15, 0.2) is 17.3 Å². The van der Waals surface area contributed by atoms with Crippen molar-refractivity contribution in [2.75, 3.05) is 38.1 Å². The molecule has 1 N–H and O–H groups in total. The third-order valence-corrected chi connectivity index (χ3v) is 6.43. The second-order valence-corrected chi connectivity index (χ2v) is 8.62. The fraction of sp³-hybridized carbons (Fsp3) is 0.200. The van der Waals surface area contributed by atoms with Crippen molar-refractivity contribution in [1.82, 2.24) is 0 Å². The van der Waals surface area contributed by atoms with Crippen LogP contribution < -0.4 is 19.3 Å². The number of methoxy groups -OCH3 is 2. The zero-order valence-corrected chi connectivity index (χ0v) is 19.6. The fourth-order valence-electron chi connectivity index (χ4n) is 3.89. The van der Waals surface area contributed by atoms with Crippen molar-refractivity contribution in [3.8, 4) is 11.5 Å². The maximum atomic E-state index is 13.4. The molecule has 1 unspecified atom stereocenters. The summed E-state index contributed by atoms with van der Waals surface area (Å²) >= 11 is 1.26. The molecule has 0 radical (unpaired) electrons. The molecule has 4 rings (SSSR count). The Hall–Kier alpha value is -3.78. The van der Waals surface area contributed by atoms with Crippen LogP contribution in [0.1, 0.15) is 21.3 Å². The predicted octanol–water partition coefficient (Wildman–Crippen LogP) is 4.61. The number of carbonyl (C=O) groups excluding carboxylic acids is 2. The van der Waals surface area contributed by atoms with E-state index in [1.807, 2.05) is 31.1 Å². The second-order valence-electron chi connectivity index (χ2n) is 7.67. The van der Waals surface area contributed by atoms with Gasteiger partial charge in [-0.05, 0) is 53.4 Å². The van der Waals surface area contributed by atoms with Crippen LogP contribution in [0, 0.1) is 0 Å². The van der Waals surface area contributed by atoms with E-state index in [-0.39, 0.29) is 11.4 Å². The standard InChI is InChI=1S/C25H24N2O5S/c1-26(2)16-8-10-17(11-9-16)27-22(15-7-12-18(31-3)19(14-15)32-4)21(24(29)25(27)30)23(28)20-6-5-13-33-20/h5-14,22,29H,1-4H3. The lowest BCUT2D eigenvalue weighted by Crippen LogP contribution is -2.31. The van der Waals surface area contributed by atoms with Crippen LogP contribution in [0.2, 0.25) is 0 Å². The van der Waals surface area contributed by atoms with Gasteiger partial charge < -0.3 is 19.5 Å². The smallest absolute Gasteiger partial charge is 0.294 e. The highest BCUT2D eigenvalue weighted by Gasteiger charge is 2.45. The molecule has 2 heterocycles. The highest BCUT2D eigenvalue weighted by molar-refractivity contribution is 7.12. The van der Waals surface area contributed by atoms with Gasteiger partial charge in [0.2, 0.25) is 5.78 Å². The van der Waals surface area contributed by atoms with Gasteiger partial charge in [-0.25, -0.2) is 0 Å². The molecule has 33 heavy (non-hydrogen) atoms. The number of Topliss-reactive ketones (excluding diaryl/α,β-unsaturated/α-hetero) is 1. The minimum absolute atomic E-state index is 0.0337. The Labute approximate surface area is 196 Å². The highest BCUT2D eigenvalue weighted by Crippen LogP contribution is 2.44. The summed E-state index contributed by atoms with van der Waals surface area (Å²) in [5.41, 5.74) is 2.17. The molecule has 7 nitrogen and oxygen atoms in total. The monoisotopic (exact) mass is 464 g/mol. The number of hydrogen-bond acceptors (Lipinski definition) is 7. The van der Waals surface area contributed by atoms with Crippen molar-refractivity contribution in [3.05, 3.63) is 81.8 Å². The summed E-state index contributed by atoms with van der Waals surface area (Å²) in [6.45, 7) is 0. The molecular weight excluding hydrogens is 440 g/mol. The van der Waals surface area contributed by atoms with Crippen molar-refractivity contribution >= 4 is 34.4 Å². The van der Waals surface area contributed by atoms with Gasteiger partial charge in [-0.1, -0.05) is 12.1 Å². The number of aliphatic hydroxyl groups excluding tert-OH is 1. The Bertz CT molecular complexity index is 1220. The number of carbonyl (C=O) groups is 2. The Morgan fingerprint density at radius 1 is 1.03 bits per heavy atom. The summed E-state index contributed by atoms with van der Waals surface area (Å²) in [4.78, 5) is 30.5. The number of hydrogen-bond donors (Lipinski definition) is 1. The van der Waals surface area contributed by atoms with Gasteiger partial charge >= 0.3 is 0 Å². The lowest BCUT2D eigenvalue weighted by atomic mass is 9.94. The number of ether oxygens (including phenoxy) is 2. The van der Waals surface area contributed by atoms with E-state index in [9.17, 15) is 14.7 Å². The van der Waals surface area contributed by atoms with E-state index in [0.29, 0.717) is 27.6 Å². The van der Waals surface area contributed by atoms with E-state index in [1.54, 1.807) is 47.8 Å². The first-order valence-corrected chi connectivity index (χ1v) is 11.1. The Morgan fingerprint density at radius 2 is 1.73 bits per heavy atom. The zero-order chi connectivity index (χ0) is 23.7. The molecule has 1 aliphatic heterocycles. The molecule has 0 bridgehead atoms. The number of rotatable bonds is 7. The Morgan fingerprint density at radius 3 is 2.30 bits per heavy atom. The van der Waals surface area contributed by atoms with Crippen molar-refractivity contribution in [2.45, 2.75) is 6.04 Å². The van der Waals surface area contributed by atoms with Crippen molar-refractivity contribution in [1.29, 1.82) is 0 Å². The van der Waals surface area contributed by atoms with E-state index in [2.05, 4.69) is 0 Å². The Kier molecular flexibility index (Phi) is 6.11. The Balaban J connectivity index is 1.88. The first-order chi connectivity index (χ1) is 15.9. The summed E-state index contributed by atoms with van der Waals surface area (Å²) in [5.74, 6) is -0.591. The number of anilines is 2. The van der Waals surface area contributed by atoms with E-state index >= 15 is 0 Å². The lowest BCUT2D eigenvalue weighted by molar-refractivity contribution is -0.117. The van der Waals surface area contributed by atoms with E-state index in [1.165, 1.54) is 30.5 Å². The molecule has 8 heteroatoms. The maximum Gasteiger partial charge on any atom is 0.294 e. The largest absolute Gasteiger partial charge is 0.503 e. The van der Waals surface area contributed by atoms with Crippen molar-refractivity contribution in [2.24, 2.45) is 0 Å². The molecule has 0 saturated heterocycles. The van der Waals surface area contributed by atoms with Gasteiger partial charge in [-0.15, -0.1) is 11.3 Å². The van der Waals surface area contributed by atoms with Crippen molar-refractivity contribution in [3.63, 3.8) is 0 Å². The fourth-order valence-corrected chi connectivity index (χ4v) is 4.57. The second kappa shape index (κ2) is 8.99. The first kappa shape index (κ1) is 22.4. The van der Waals surface area contributed by atoms with Crippen LogP contribution in [-0.4, -0.2) is 45.1 Å². The maximum absolute atomic E-state index is 13.4. The molecule has 1 aliphatic rings. The van der Waals surface area contributed by atoms with E-state index in [4.69, 9.17) is 9.47 Å². The third kappa shape index (κ3) is 3.93. The summed E-state index contributed by atoms with van der Waals surface area (Å²) in [6, 6.07) is 15.2. The van der Waals surface area contributed by atoms with Crippen LogP contribution >= 0.6 is 11.3 Å². The number of aliphatic hydroxyl groups is 1. The highest BCUT2D eigenvalue weighted by atomic mass is 32.1. The number of amides is 1. The number of thiophene rings is 1. The van der Waals surface area contributed by atoms with Crippen LogP contribution in [0.15, 0.2) is 71.3 Å². The first-order valence-electron chi connectivity index (χ1n) is 10.2. The van der Waals surface area contributed by atoms with Crippen LogP contribution in [0.5, 0.6) is 11.5 Å². The predicted molar refractivity (Wildman–Crippen MR) is 129 cm³/mol. The number of benzene rings is 2. The SMILES string of the molecule is COc1ccc(C2C(C(=O)c3cccs3)=C(O)C(=O)N2c2ccc(N(C)C)cc2)cc1OC. The van der Waals surface area contributed by atoms with Crippen LogP contribution in [-0.2, 0) is 4.79 Å². The van der Waals surface area contributed by atoms with E-state index in [0.717, 1.165) is 5.69 Å². The topological polar surface area (TPSA) is 79.3 Å².